The van der Waals surface area contributed by atoms with Crippen LogP contribution in [-0.4, -0.2) is 38.0 Å². The van der Waals surface area contributed by atoms with Crippen LogP contribution in [0.25, 0.3) is 0 Å². The van der Waals surface area contributed by atoms with Crippen molar-refractivity contribution >= 4 is 15.9 Å². The van der Waals surface area contributed by atoms with Crippen LogP contribution >= 0.6 is 0 Å². The van der Waals surface area contributed by atoms with Crippen molar-refractivity contribution in [2.75, 3.05) is 19.3 Å². The van der Waals surface area contributed by atoms with Crippen molar-refractivity contribution in [3.63, 3.8) is 0 Å². The van der Waals surface area contributed by atoms with E-state index in [1.807, 2.05) is 38.1 Å². The average molecular weight is 298 g/mol. The molecule has 0 aromatic heterocycles. The van der Waals surface area contributed by atoms with E-state index >= 15 is 0 Å². The molecule has 1 N–H and O–H groups in total. The van der Waals surface area contributed by atoms with E-state index in [2.05, 4.69) is 5.32 Å². The molecule has 20 heavy (non-hydrogen) atoms. The lowest BCUT2D eigenvalue weighted by atomic mass is 10.1. The van der Waals surface area contributed by atoms with Crippen molar-refractivity contribution in [3.8, 4) is 0 Å². The molecule has 1 aromatic carbocycles. The number of aryl methyl sites for hydroxylation is 1. The maximum atomic E-state index is 11.8. The second-order valence-corrected chi connectivity index (χ2v) is 6.84. The summed E-state index contributed by atoms with van der Waals surface area (Å²) in [7, 11) is -3.34. The molecule has 0 saturated carbocycles. The van der Waals surface area contributed by atoms with E-state index in [1.165, 1.54) is 4.31 Å². The highest BCUT2D eigenvalue weighted by Gasteiger charge is 2.18. The fraction of sp³-hybridized carbons (Fsp3) is 0.500. The number of nitrogens with one attached hydrogen (secondary N) is 1. The Labute approximate surface area is 121 Å². The zero-order valence-corrected chi connectivity index (χ0v) is 13.0. The topological polar surface area (TPSA) is 66.5 Å². The summed E-state index contributed by atoms with van der Waals surface area (Å²) in [6.45, 7) is 4.50. The summed E-state index contributed by atoms with van der Waals surface area (Å²) in [5.41, 5.74) is 2.13. The first kappa shape index (κ1) is 16.7. The highest BCUT2D eigenvalue weighted by atomic mass is 32.2. The predicted molar refractivity (Wildman–Crippen MR) is 79.7 cm³/mol. The number of amides is 1. The van der Waals surface area contributed by atoms with Crippen LogP contribution in [0.3, 0.4) is 0 Å². The van der Waals surface area contributed by atoms with Crippen molar-refractivity contribution < 1.29 is 13.2 Å². The molecule has 0 atom stereocenters. The molecule has 0 aliphatic heterocycles. The number of carbonyl (C=O) groups excluding carboxylic acids is 1. The Balaban J connectivity index is 2.54. The third-order valence-electron chi connectivity index (χ3n) is 2.83. The summed E-state index contributed by atoms with van der Waals surface area (Å²) in [5.74, 6) is -0.287. The zero-order chi connectivity index (χ0) is 15.2. The molecule has 0 aliphatic rings. The third-order valence-corrected chi connectivity index (χ3v) is 4.08. The van der Waals surface area contributed by atoms with Crippen LogP contribution in [0, 0.1) is 6.92 Å². The summed E-state index contributed by atoms with van der Waals surface area (Å²) in [6, 6.07) is 7.82. The van der Waals surface area contributed by atoms with Gasteiger partial charge in [-0.15, -0.1) is 0 Å². The van der Waals surface area contributed by atoms with Gasteiger partial charge in [-0.1, -0.05) is 36.8 Å². The van der Waals surface area contributed by atoms with Crippen LogP contribution in [0.15, 0.2) is 24.3 Å². The summed E-state index contributed by atoms with van der Waals surface area (Å²) in [6.07, 6.45) is 1.80. The number of sulfonamides is 1. The van der Waals surface area contributed by atoms with Gasteiger partial charge in [-0.3, -0.25) is 4.79 Å². The fourth-order valence-electron chi connectivity index (χ4n) is 1.85. The Morgan fingerprint density at radius 3 is 2.60 bits per heavy atom. The van der Waals surface area contributed by atoms with E-state index in [-0.39, 0.29) is 12.5 Å². The Morgan fingerprint density at radius 1 is 1.35 bits per heavy atom. The molecule has 1 aromatic rings. The molecule has 0 spiro atoms. The maximum absolute atomic E-state index is 11.8. The normalized spacial score (nSPS) is 11.6. The monoisotopic (exact) mass is 298 g/mol. The quantitative estimate of drug-likeness (QED) is 0.824. The second-order valence-electron chi connectivity index (χ2n) is 4.86. The molecule has 0 aliphatic carbocycles. The van der Waals surface area contributed by atoms with Crippen LogP contribution < -0.4 is 5.32 Å². The third kappa shape index (κ3) is 5.71. The SMILES string of the molecule is CCCN(CC(=O)NCc1cccc(C)c1)S(C)(=O)=O. The van der Waals surface area contributed by atoms with E-state index < -0.39 is 10.0 Å². The summed E-state index contributed by atoms with van der Waals surface area (Å²) in [4.78, 5) is 11.8. The van der Waals surface area contributed by atoms with Gasteiger partial charge in [-0.05, 0) is 18.9 Å². The average Bonchev–Trinajstić information content (AvgIpc) is 2.35. The van der Waals surface area contributed by atoms with Crippen molar-refractivity contribution in [1.29, 1.82) is 0 Å². The fourth-order valence-corrected chi connectivity index (χ4v) is 2.72. The molecule has 112 valence electrons. The highest BCUT2D eigenvalue weighted by Crippen LogP contribution is 2.04. The molecule has 0 saturated heterocycles. The molecule has 0 radical (unpaired) electrons. The lowest BCUT2D eigenvalue weighted by molar-refractivity contribution is -0.121. The van der Waals surface area contributed by atoms with Gasteiger partial charge >= 0.3 is 0 Å². The van der Waals surface area contributed by atoms with Gasteiger partial charge in [-0.25, -0.2) is 8.42 Å². The second kappa shape index (κ2) is 7.40. The van der Waals surface area contributed by atoms with Gasteiger partial charge in [0.05, 0.1) is 12.8 Å². The molecule has 1 rings (SSSR count). The predicted octanol–water partition coefficient (Wildman–Crippen LogP) is 1.28. The van der Waals surface area contributed by atoms with Gasteiger partial charge in [0, 0.05) is 13.1 Å². The van der Waals surface area contributed by atoms with Crippen molar-refractivity contribution in [1.82, 2.24) is 9.62 Å². The first-order valence-corrected chi connectivity index (χ1v) is 8.45. The molecule has 0 unspecified atom stereocenters. The van der Waals surface area contributed by atoms with E-state index in [1.54, 1.807) is 0 Å². The first-order chi connectivity index (χ1) is 9.32. The maximum Gasteiger partial charge on any atom is 0.235 e. The van der Waals surface area contributed by atoms with E-state index in [4.69, 9.17) is 0 Å². The molecule has 0 fully saturated rings. The lowest BCUT2D eigenvalue weighted by Crippen LogP contribution is -2.40. The van der Waals surface area contributed by atoms with Gasteiger partial charge in [0.15, 0.2) is 0 Å². The summed E-state index contributed by atoms with van der Waals surface area (Å²) >= 11 is 0. The number of hydrogen-bond donors (Lipinski definition) is 1. The molecule has 6 heteroatoms. The van der Waals surface area contributed by atoms with E-state index in [0.29, 0.717) is 19.5 Å². The van der Waals surface area contributed by atoms with Gasteiger partial charge in [0.2, 0.25) is 15.9 Å². The summed E-state index contributed by atoms with van der Waals surface area (Å²) < 4.78 is 24.2. The highest BCUT2D eigenvalue weighted by molar-refractivity contribution is 7.88. The summed E-state index contributed by atoms with van der Waals surface area (Å²) in [5, 5.41) is 2.74. The number of carbonyl (C=O) groups is 1. The molecule has 0 heterocycles. The Bertz CT molecular complexity index is 555. The van der Waals surface area contributed by atoms with Gasteiger partial charge in [-0.2, -0.15) is 4.31 Å². The molecular formula is C14H22N2O3S. The number of rotatable bonds is 7. The van der Waals surface area contributed by atoms with E-state index in [0.717, 1.165) is 17.4 Å². The number of nitrogens with zero attached hydrogens (tertiary/aromatic N) is 1. The first-order valence-electron chi connectivity index (χ1n) is 6.60. The molecule has 1 amide bonds. The van der Waals surface area contributed by atoms with Crippen molar-refractivity contribution in [3.05, 3.63) is 35.4 Å². The van der Waals surface area contributed by atoms with E-state index in [9.17, 15) is 13.2 Å². The Hall–Kier alpha value is -1.40. The van der Waals surface area contributed by atoms with Crippen molar-refractivity contribution in [2.45, 2.75) is 26.8 Å². The number of benzene rings is 1. The minimum absolute atomic E-state index is 0.126. The van der Waals surface area contributed by atoms with Gasteiger partial charge in [0.25, 0.3) is 0 Å². The van der Waals surface area contributed by atoms with Crippen molar-refractivity contribution in [2.24, 2.45) is 0 Å². The van der Waals surface area contributed by atoms with Crippen LogP contribution in [0.1, 0.15) is 24.5 Å². The lowest BCUT2D eigenvalue weighted by Gasteiger charge is -2.18. The Morgan fingerprint density at radius 2 is 2.05 bits per heavy atom. The van der Waals surface area contributed by atoms with Gasteiger partial charge < -0.3 is 5.32 Å². The van der Waals surface area contributed by atoms with Crippen LogP contribution in [0.5, 0.6) is 0 Å². The van der Waals surface area contributed by atoms with Crippen LogP contribution in [-0.2, 0) is 21.4 Å². The molecular weight excluding hydrogens is 276 g/mol. The van der Waals surface area contributed by atoms with Gasteiger partial charge in [0.1, 0.15) is 0 Å². The number of hydrogen-bond acceptors (Lipinski definition) is 3. The largest absolute Gasteiger partial charge is 0.351 e. The smallest absolute Gasteiger partial charge is 0.235 e. The zero-order valence-electron chi connectivity index (χ0n) is 12.2. The minimum atomic E-state index is -3.34. The molecule has 5 nitrogen and oxygen atoms in total. The minimum Gasteiger partial charge on any atom is -0.351 e. The van der Waals surface area contributed by atoms with Crippen LogP contribution in [0.2, 0.25) is 0 Å². The molecule has 0 bridgehead atoms. The van der Waals surface area contributed by atoms with Crippen LogP contribution in [0.4, 0.5) is 0 Å². The standard InChI is InChI=1S/C14H22N2O3S/c1-4-8-16(20(3,18)19)11-14(17)15-10-13-7-5-6-12(2)9-13/h5-7,9H,4,8,10-11H2,1-3H3,(H,15,17). The Kier molecular flexibility index (Phi) is 6.16.